The zero-order valence-electron chi connectivity index (χ0n) is 18.3. The summed E-state index contributed by atoms with van der Waals surface area (Å²) in [6.07, 6.45) is 1.46. The smallest absolute Gasteiger partial charge is 0.252 e. The van der Waals surface area contributed by atoms with Crippen LogP contribution in [0, 0.1) is 5.92 Å². The number of rotatable bonds is 7. The van der Waals surface area contributed by atoms with Gasteiger partial charge < -0.3 is 21.1 Å². The van der Waals surface area contributed by atoms with Crippen molar-refractivity contribution in [3.8, 4) is 5.75 Å². The highest BCUT2D eigenvalue weighted by Crippen LogP contribution is 2.30. The molecule has 1 aromatic heterocycles. The molecule has 0 saturated carbocycles. The number of carbonyl (C=O) groups excluding carboxylic acids is 2. The van der Waals surface area contributed by atoms with Gasteiger partial charge in [0.05, 0.1) is 16.8 Å². The number of benzene rings is 1. The Morgan fingerprint density at radius 3 is 2.75 bits per heavy atom. The quantitative estimate of drug-likeness (QED) is 0.499. The molecule has 1 aromatic carbocycles. The van der Waals surface area contributed by atoms with Crippen molar-refractivity contribution in [2.45, 2.75) is 33.2 Å². The lowest BCUT2D eigenvalue weighted by atomic mass is 10.1. The van der Waals surface area contributed by atoms with Gasteiger partial charge in [0, 0.05) is 17.7 Å². The fraction of sp³-hybridized carbons (Fsp3) is 0.333. The molecule has 1 aliphatic heterocycles. The Hall–Kier alpha value is -3.47. The van der Waals surface area contributed by atoms with Crippen LogP contribution >= 0.6 is 0 Å². The van der Waals surface area contributed by atoms with Crippen molar-refractivity contribution >= 4 is 40.3 Å². The van der Waals surface area contributed by atoms with Gasteiger partial charge in [0.25, 0.3) is 5.91 Å². The Morgan fingerprint density at radius 2 is 2.03 bits per heavy atom. The number of nitrogens with one attached hydrogen (secondary N) is 3. The zero-order valence-corrected chi connectivity index (χ0v) is 19.1. The summed E-state index contributed by atoms with van der Waals surface area (Å²) in [6, 6.07) is 8.28. The van der Waals surface area contributed by atoms with Gasteiger partial charge in [0.2, 0.25) is 17.1 Å². The summed E-state index contributed by atoms with van der Waals surface area (Å²) in [5.74, 6) is 0.148. The first kappa shape index (κ1) is 23.2. The van der Waals surface area contributed by atoms with Gasteiger partial charge in [-0.3, -0.25) is 14.3 Å². The maximum absolute atomic E-state index is 12.8. The Bertz CT molecular complexity index is 1100. The third-order valence-electron chi connectivity index (χ3n) is 4.50. The average molecular weight is 459 g/mol. The van der Waals surface area contributed by atoms with Gasteiger partial charge in [0.15, 0.2) is 0 Å². The van der Waals surface area contributed by atoms with Gasteiger partial charge in [0.1, 0.15) is 24.0 Å². The Kier molecular flexibility index (Phi) is 6.78. The van der Waals surface area contributed by atoms with E-state index in [0.717, 1.165) is 0 Å². The van der Waals surface area contributed by atoms with E-state index in [1.807, 2.05) is 13.8 Å². The van der Waals surface area contributed by atoms with E-state index in [-0.39, 0.29) is 30.2 Å². The van der Waals surface area contributed by atoms with Crippen LogP contribution in [0.15, 0.2) is 40.9 Å². The predicted molar refractivity (Wildman–Crippen MR) is 124 cm³/mol. The SMILES string of the molecule is CC(C)C(=O)Nc1cc(C(=O)NC(C)(C)COc2cccc3c2C(N)=NS(=O)N3)ccn1. The molecule has 0 spiro atoms. The minimum absolute atomic E-state index is 0.113. The molecule has 11 heteroatoms. The van der Waals surface area contributed by atoms with Crippen LogP contribution in [0.2, 0.25) is 0 Å². The fourth-order valence-corrected chi connectivity index (χ4v) is 3.51. The van der Waals surface area contributed by atoms with Crippen LogP contribution < -0.4 is 25.8 Å². The van der Waals surface area contributed by atoms with E-state index in [2.05, 4.69) is 24.7 Å². The number of ether oxygens (including phenoxy) is 1. The van der Waals surface area contributed by atoms with Crippen molar-refractivity contribution in [2.75, 3.05) is 16.6 Å². The summed E-state index contributed by atoms with van der Waals surface area (Å²) in [5.41, 5.74) is 6.62. The Labute approximate surface area is 188 Å². The first-order chi connectivity index (χ1) is 15.1. The summed E-state index contributed by atoms with van der Waals surface area (Å²) < 4.78 is 24.1. The second kappa shape index (κ2) is 9.35. The van der Waals surface area contributed by atoms with Crippen molar-refractivity contribution in [3.05, 3.63) is 47.7 Å². The van der Waals surface area contributed by atoms with Gasteiger partial charge in [-0.05, 0) is 38.1 Å². The summed E-state index contributed by atoms with van der Waals surface area (Å²) in [7, 11) is 0. The molecule has 1 unspecified atom stereocenters. The van der Waals surface area contributed by atoms with E-state index in [1.165, 1.54) is 12.3 Å². The molecule has 1 atom stereocenters. The molecule has 0 fully saturated rings. The third-order valence-corrected chi connectivity index (χ3v) is 5.26. The van der Waals surface area contributed by atoms with Crippen LogP contribution in [-0.2, 0) is 16.0 Å². The van der Waals surface area contributed by atoms with E-state index in [4.69, 9.17) is 10.5 Å². The van der Waals surface area contributed by atoms with Crippen LogP contribution in [0.4, 0.5) is 11.5 Å². The lowest BCUT2D eigenvalue weighted by Crippen LogP contribution is -2.48. The van der Waals surface area contributed by atoms with E-state index in [1.54, 1.807) is 38.1 Å². The number of anilines is 2. The molecule has 0 radical (unpaired) electrons. The van der Waals surface area contributed by atoms with Crippen LogP contribution in [0.5, 0.6) is 5.75 Å². The number of amidine groups is 1. The van der Waals surface area contributed by atoms with Crippen LogP contribution in [0.25, 0.3) is 0 Å². The highest BCUT2D eigenvalue weighted by molar-refractivity contribution is 7.85. The zero-order chi connectivity index (χ0) is 23.5. The van der Waals surface area contributed by atoms with Gasteiger partial charge in [-0.15, -0.1) is 0 Å². The summed E-state index contributed by atoms with van der Waals surface area (Å²) in [4.78, 5) is 28.7. The van der Waals surface area contributed by atoms with Gasteiger partial charge in [-0.25, -0.2) is 9.19 Å². The molecule has 3 rings (SSSR count). The number of pyridine rings is 1. The minimum atomic E-state index is -1.63. The van der Waals surface area contributed by atoms with E-state index in [9.17, 15) is 13.8 Å². The van der Waals surface area contributed by atoms with E-state index in [0.29, 0.717) is 28.4 Å². The summed E-state index contributed by atoms with van der Waals surface area (Å²) in [5, 5.41) is 5.59. The van der Waals surface area contributed by atoms with Crippen molar-refractivity contribution < 1.29 is 18.5 Å². The monoisotopic (exact) mass is 458 g/mol. The number of fused-ring (bicyclic) bond motifs is 1. The molecule has 2 aromatic rings. The lowest BCUT2D eigenvalue weighted by molar-refractivity contribution is -0.118. The number of amides is 2. The molecule has 2 amide bonds. The number of hydrogen-bond acceptors (Lipinski definition) is 6. The van der Waals surface area contributed by atoms with E-state index < -0.39 is 16.7 Å². The number of nitrogens with two attached hydrogens (primary N) is 1. The minimum Gasteiger partial charge on any atom is -0.490 e. The standard InChI is InChI=1S/C21H26N6O4S/c1-12(2)19(28)24-16-10-13(8-9-23-16)20(29)25-21(3,4)11-31-15-7-5-6-14-17(15)18(22)27-32(30)26-14/h5-10,12,26H,11H2,1-4H3,(H2,22,27)(H,25,29)(H,23,24,28). The first-order valence-corrected chi connectivity index (χ1v) is 11.0. The normalized spacial score (nSPS) is 15.3. The molecular formula is C21H26N6O4S. The van der Waals surface area contributed by atoms with Crippen LogP contribution in [0.3, 0.4) is 0 Å². The number of carbonyl (C=O) groups is 2. The largest absolute Gasteiger partial charge is 0.490 e. The number of hydrogen-bond donors (Lipinski definition) is 4. The Morgan fingerprint density at radius 1 is 1.28 bits per heavy atom. The summed E-state index contributed by atoms with van der Waals surface area (Å²) >= 11 is -1.63. The lowest BCUT2D eigenvalue weighted by Gasteiger charge is -2.27. The topological polar surface area (TPSA) is 148 Å². The molecule has 0 bridgehead atoms. The van der Waals surface area contributed by atoms with Gasteiger partial charge in [-0.1, -0.05) is 19.9 Å². The van der Waals surface area contributed by atoms with Crippen LogP contribution in [0.1, 0.15) is 43.6 Å². The summed E-state index contributed by atoms with van der Waals surface area (Å²) in [6.45, 7) is 7.30. The average Bonchev–Trinajstić information content (AvgIpc) is 2.71. The highest BCUT2D eigenvalue weighted by Gasteiger charge is 2.25. The van der Waals surface area contributed by atoms with Gasteiger partial charge in [-0.2, -0.15) is 4.40 Å². The molecule has 32 heavy (non-hydrogen) atoms. The second-order valence-electron chi connectivity index (χ2n) is 8.21. The molecule has 170 valence electrons. The Balaban J connectivity index is 1.68. The molecule has 5 N–H and O–H groups in total. The molecule has 0 aliphatic carbocycles. The first-order valence-electron chi connectivity index (χ1n) is 9.94. The molecule has 1 aliphatic rings. The molecule has 2 heterocycles. The fourth-order valence-electron chi connectivity index (χ4n) is 2.84. The predicted octanol–water partition coefficient (Wildman–Crippen LogP) is 1.97. The van der Waals surface area contributed by atoms with Crippen molar-refractivity contribution in [3.63, 3.8) is 0 Å². The van der Waals surface area contributed by atoms with Crippen molar-refractivity contribution in [2.24, 2.45) is 16.0 Å². The second-order valence-corrected chi connectivity index (χ2v) is 9.09. The molecule has 0 saturated heterocycles. The maximum Gasteiger partial charge on any atom is 0.252 e. The third kappa shape index (κ3) is 5.61. The van der Waals surface area contributed by atoms with Crippen molar-refractivity contribution in [1.29, 1.82) is 0 Å². The molecule has 10 nitrogen and oxygen atoms in total. The van der Waals surface area contributed by atoms with Gasteiger partial charge >= 0.3 is 0 Å². The van der Waals surface area contributed by atoms with E-state index >= 15 is 0 Å². The molecular weight excluding hydrogens is 432 g/mol. The highest BCUT2D eigenvalue weighted by atomic mass is 32.2. The number of nitrogens with zero attached hydrogens (tertiary/aromatic N) is 2. The van der Waals surface area contributed by atoms with Crippen LogP contribution in [-0.4, -0.2) is 39.0 Å². The maximum atomic E-state index is 12.8. The number of aromatic nitrogens is 1. The van der Waals surface area contributed by atoms with Crippen molar-refractivity contribution in [1.82, 2.24) is 10.3 Å².